The molecule has 0 spiro atoms. The van der Waals surface area contributed by atoms with Crippen LogP contribution in [0.3, 0.4) is 0 Å². The zero-order valence-corrected chi connectivity index (χ0v) is 17.3. The Balaban J connectivity index is 1.63. The number of pyridine rings is 1. The number of rotatable bonds is 5. The number of hydrogen-bond donors (Lipinski definition) is 0. The van der Waals surface area contributed by atoms with E-state index in [0.717, 1.165) is 22.9 Å². The Bertz CT molecular complexity index is 1170. The molecule has 1 aromatic heterocycles. The summed E-state index contributed by atoms with van der Waals surface area (Å²) in [5, 5.41) is 1.06. The fourth-order valence-electron chi connectivity index (χ4n) is 3.74. The van der Waals surface area contributed by atoms with Gasteiger partial charge in [0.15, 0.2) is 0 Å². The molecule has 1 amide bonds. The van der Waals surface area contributed by atoms with E-state index in [0.29, 0.717) is 31.0 Å². The third kappa shape index (κ3) is 3.41. The molecule has 0 N–H and O–H groups in total. The van der Waals surface area contributed by atoms with Crippen molar-refractivity contribution in [3.8, 4) is 0 Å². The second-order valence-corrected chi connectivity index (χ2v) is 8.92. The maximum absolute atomic E-state index is 13.1. The summed E-state index contributed by atoms with van der Waals surface area (Å²) in [7, 11) is -3.54. The van der Waals surface area contributed by atoms with Crippen molar-refractivity contribution in [2.75, 3.05) is 24.5 Å². The van der Waals surface area contributed by atoms with Gasteiger partial charge in [0, 0.05) is 30.6 Å². The number of para-hydroxylation sites is 1. The van der Waals surface area contributed by atoms with Crippen LogP contribution in [0.25, 0.3) is 10.9 Å². The fourth-order valence-corrected chi connectivity index (χ4v) is 5.20. The molecule has 2 aromatic carbocycles. The Hall–Kier alpha value is -2.77. The van der Waals surface area contributed by atoms with Gasteiger partial charge >= 0.3 is 0 Å². The first kappa shape index (κ1) is 19.5. The van der Waals surface area contributed by atoms with Gasteiger partial charge in [-0.05, 0) is 48.4 Å². The Kier molecular flexibility index (Phi) is 5.10. The van der Waals surface area contributed by atoms with Crippen LogP contribution in [0.2, 0.25) is 0 Å². The quantitative estimate of drug-likeness (QED) is 0.647. The zero-order valence-electron chi connectivity index (χ0n) is 16.5. The fraction of sp³-hybridized carbons (Fsp3) is 0.273. The summed E-state index contributed by atoms with van der Waals surface area (Å²) in [6.45, 7) is 4.99. The van der Waals surface area contributed by atoms with Crippen molar-refractivity contribution in [3.05, 3.63) is 65.7 Å². The summed E-state index contributed by atoms with van der Waals surface area (Å²) < 4.78 is 26.7. The number of fused-ring (bicyclic) bond motifs is 2. The Morgan fingerprint density at radius 3 is 2.45 bits per heavy atom. The minimum Gasteiger partial charge on any atom is -0.292 e. The van der Waals surface area contributed by atoms with E-state index in [1.54, 1.807) is 30.9 Å². The lowest BCUT2D eigenvalue weighted by Crippen LogP contribution is -2.31. The van der Waals surface area contributed by atoms with E-state index >= 15 is 0 Å². The number of anilines is 1. The van der Waals surface area contributed by atoms with E-state index in [-0.39, 0.29) is 10.8 Å². The first-order chi connectivity index (χ1) is 14.0. The predicted molar refractivity (Wildman–Crippen MR) is 114 cm³/mol. The van der Waals surface area contributed by atoms with Gasteiger partial charge < -0.3 is 0 Å². The Labute approximate surface area is 170 Å². The van der Waals surface area contributed by atoms with Crippen molar-refractivity contribution in [1.29, 1.82) is 0 Å². The molecule has 0 atom stereocenters. The normalized spacial score (nSPS) is 13.8. The maximum atomic E-state index is 13.1. The summed E-state index contributed by atoms with van der Waals surface area (Å²) in [4.78, 5) is 19.6. The van der Waals surface area contributed by atoms with Crippen LogP contribution in [-0.4, -0.2) is 43.2 Å². The lowest BCUT2D eigenvalue weighted by Gasteiger charge is -2.19. The van der Waals surface area contributed by atoms with E-state index in [9.17, 15) is 13.2 Å². The lowest BCUT2D eigenvalue weighted by molar-refractivity contribution is 0.0988. The van der Waals surface area contributed by atoms with Crippen molar-refractivity contribution in [2.24, 2.45) is 0 Å². The Morgan fingerprint density at radius 2 is 1.76 bits per heavy atom. The topological polar surface area (TPSA) is 70.6 Å². The van der Waals surface area contributed by atoms with E-state index in [1.807, 2.05) is 24.3 Å². The molecule has 2 heterocycles. The first-order valence-electron chi connectivity index (χ1n) is 9.76. The maximum Gasteiger partial charge on any atom is 0.259 e. The second-order valence-electron chi connectivity index (χ2n) is 6.98. The summed E-state index contributed by atoms with van der Waals surface area (Å²) in [6.07, 6.45) is 0.757. The number of amides is 1. The number of carbonyl (C=O) groups excluding carboxylic acids is 1. The van der Waals surface area contributed by atoms with Crippen LogP contribution in [0.15, 0.2) is 59.5 Å². The van der Waals surface area contributed by atoms with Crippen LogP contribution >= 0.6 is 0 Å². The van der Waals surface area contributed by atoms with Crippen molar-refractivity contribution < 1.29 is 13.2 Å². The van der Waals surface area contributed by atoms with Gasteiger partial charge in [-0.3, -0.25) is 9.69 Å². The molecule has 3 aromatic rings. The van der Waals surface area contributed by atoms with E-state index < -0.39 is 10.0 Å². The molecule has 0 aliphatic carbocycles. The van der Waals surface area contributed by atoms with Crippen LogP contribution in [0.4, 0.5) is 5.82 Å². The highest BCUT2D eigenvalue weighted by molar-refractivity contribution is 7.89. The Morgan fingerprint density at radius 1 is 1.07 bits per heavy atom. The molecule has 0 radical (unpaired) electrons. The smallest absolute Gasteiger partial charge is 0.259 e. The van der Waals surface area contributed by atoms with E-state index in [1.165, 1.54) is 16.4 Å². The van der Waals surface area contributed by atoms with Crippen LogP contribution in [0.5, 0.6) is 0 Å². The highest BCUT2D eigenvalue weighted by Crippen LogP contribution is 2.30. The molecule has 1 aliphatic rings. The van der Waals surface area contributed by atoms with E-state index in [4.69, 9.17) is 0 Å². The molecule has 7 heteroatoms. The molecule has 150 valence electrons. The second kappa shape index (κ2) is 7.57. The average molecular weight is 410 g/mol. The van der Waals surface area contributed by atoms with Crippen molar-refractivity contribution in [1.82, 2.24) is 9.29 Å². The number of hydrogen-bond acceptors (Lipinski definition) is 4. The number of aromatic nitrogens is 1. The summed E-state index contributed by atoms with van der Waals surface area (Å²) in [6, 6.07) is 16.1. The minimum atomic E-state index is -3.54. The van der Waals surface area contributed by atoms with E-state index in [2.05, 4.69) is 11.1 Å². The van der Waals surface area contributed by atoms with Crippen molar-refractivity contribution in [2.45, 2.75) is 25.2 Å². The summed E-state index contributed by atoms with van der Waals surface area (Å²) in [5.41, 5.74) is 2.36. The summed E-state index contributed by atoms with van der Waals surface area (Å²) >= 11 is 0. The lowest BCUT2D eigenvalue weighted by atomic mass is 10.1. The SMILES string of the molecule is CCN(CC)S(=O)(=O)c1ccc(C(=O)N2CCc3cc4ccccc4nc32)cc1. The minimum absolute atomic E-state index is 0.168. The average Bonchev–Trinajstić information content (AvgIpc) is 3.15. The van der Waals surface area contributed by atoms with Crippen LogP contribution < -0.4 is 4.90 Å². The van der Waals surface area contributed by atoms with Gasteiger partial charge in [-0.15, -0.1) is 0 Å². The van der Waals surface area contributed by atoms with Gasteiger partial charge in [-0.2, -0.15) is 4.31 Å². The molecule has 0 bridgehead atoms. The predicted octanol–water partition coefficient (Wildman–Crippen LogP) is 3.47. The molecule has 4 rings (SSSR count). The van der Waals surface area contributed by atoms with Gasteiger partial charge in [0.1, 0.15) is 5.82 Å². The van der Waals surface area contributed by atoms with Crippen LogP contribution in [0, 0.1) is 0 Å². The highest BCUT2D eigenvalue weighted by atomic mass is 32.2. The van der Waals surface area contributed by atoms with Gasteiger partial charge in [0.05, 0.1) is 10.4 Å². The molecular formula is C22H23N3O3S. The van der Waals surface area contributed by atoms with Crippen LogP contribution in [-0.2, 0) is 16.4 Å². The molecule has 0 saturated carbocycles. The number of carbonyl (C=O) groups is 1. The summed E-state index contributed by atoms with van der Waals surface area (Å²) in [5.74, 6) is 0.520. The molecule has 6 nitrogen and oxygen atoms in total. The molecular weight excluding hydrogens is 386 g/mol. The molecule has 0 fully saturated rings. The molecule has 0 unspecified atom stereocenters. The number of sulfonamides is 1. The third-order valence-corrected chi connectivity index (χ3v) is 7.39. The third-order valence-electron chi connectivity index (χ3n) is 5.33. The first-order valence-corrected chi connectivity index (χ1v) is 11.2. The largest absolute Gasteiger partial charge is 0.292 e. The van der Waals surface area contributed by atoms with Gasteiger partial charge in [0.25, 0.3) is 5.91 Å². The van der Waals surface area contributed by atoms with Crippen LogP contribution in [0.1, 0.15) is 29.8 Å². The van der Waals surface area contributed by atoms with Crippen molar-refractivity contribution >= 4 is 32.7 Å². The standard InChI is InChI=1S/C22H23N3O3S/c1-3-24(4-2)29(27,28)19-11-9-16(10-12-19)22(26)25-14-13-18-15-17-7-5-6-8-20(17)23-21(18)25/h5-12,15H,3-4,13-14H2,1-2H3. The van der Waals surface area contributed by atoms with Crippen molar-refractivity contribution in [3.63, 3.8) is 0 Å². The molecule has 1 aliphatic heterocycles. The number of benzene rings is 2. The zero-order chi connectivity index (χ0) is 20.6. The van der Waals surface area contributed by atoms with Gasteiger partial charge in [0.2, 0.25) is 10.0 Å². The molecule has 0 saturated heterocycles. The highest BCUT2D eigenvalue weighted by Gasteiger charge is 2.28. The molecule has 29 heavy (non-hydrogen) atoms. The monoisotopic (exact) mass is 409 g/mol. The van der Waals surface area contributed by atoms with Gasteiger partial charge in [-0.25, -0.2) is 13.4 Å². The number of nitrogens with zero attached hydrogens (tertiary/aromatic N) is 3. The van der Waals surface area contributed by atoms with Gasteiger partial charge in [-0.1, -0.05) is 32.0 Å².